The molecule has 0 saturated carbocycles. The van der Waals surface area contributed by atoms with Crippen molar-refractivity contribution in [2.24, 2.45) is 0 Å². The summed E-state index contributed by atoms with van der Waals surface area (Å²) in [7, 11) is -3.65. The van der Waals surface area contributed by atoms with E-state index >= 15 is 0 Å². The van der Waals surface area contributed by atoms with Crippen LogP contribution < -0.4 is 0 Å². The van der Waals surface area contributed by atoms with E-state index in [1.165, 1.54) is 12.1 Å². The van der Waals surface area contributed by atoms with Gasteiger partial charge in [0.05, 0.1) is 27.8 Å². The predicted octanol–water partition coefficient (Wildman–Crippen LogP) is 2.63. The summed E-state index contributed by atoms with van der Waals surface area (Å²) in [6.45, 7) is 2.59. The lowest BCUT2D eigenvalue weighted by atomic mass is 10.2. The van der Waals surface area contributed by atoms with Gasteiger partial charge in [0.2, 0.25) is 0 Å². The number of rotatable bonds is 8. The highest BCUT2D eigenvalue weighted by atomic mass is 35.5. The largest absolute Gasteiger partial charge is 0.478 e. The average Bonchev–Trinajstić information content (AvgIpc) is 2.38. The van der Waals surface area contributed by atoms with Gasteiger partial charge < -0.3 is 9.84 Å². The van der Waals surface area contributed by atoms with Crippen molar-refractivity contribution in [1.82, 2.24) is 0 Å². The Morgan fingerprint density at radius 1 is 1.35 bits per heavy atom. The number of carboxylic acids is 1. The van der Waals surface area contributed by atoms with Crippen LogP contribution in [0.1, 0.15) is 30.1 Å². The maximum Gasteiger partial charge on any atom is 0.335 e. The molecule has 1 N–H and O–H groups in total. The number of unbranched alkanes of at least 4 members (excludes halogenated alkanes) is 1. The molecule has 112 valence electrons. The van der Waals surface area contributed by atoms with Crippen LogP contribution in [0.2, 0.25) is 5.02 Å². The second kappa shape index (κ2) is 7.61. The Balaban J connectivity index is 2.81. The fourth-order valence-corrected chi connectivity index (χ4v) is 3.20. The van der Waals surface area contributed by atoms with Crippen LogP contribution in [0, 0.1) is 0 Å². The van der Waals surface area contributed by atoms with Gasteiger partial charge in [-0.3, -0.25) is 0 Å². The topological polar surface area (TPSA) is 80.7 Å². The second-order valence-electron chi connectivity index (χ2n) is 4.24. The second-order valence-corrected chi connectivity index (χ2v) is 6.72. The normalized spacial score (nSPS) is 11.5. The minimum absolute atomic E-state index is 0.0172. The standard InChI is InChI=1S/C13H17ClO5S/c1-2-3-6-19-7-8-20(17,18)12-9-10(13(15)16)4-5-11(12)14/h4-5,9H,2-3,6-8H2,1H3,(H,15,16). The molecule has 0 atom stereocenters. The van der Waals surface area contributed by atoms with Crippen molar-refractivity contribution in [3.63, 3.8) is 0 Å². The molecule has 0 aromatic heterocycles. The molecule has 0 saturated heterocycles. The number of ether oxygens (including phenoxy) is 1. The quantitative estimate of drug-likeness (QED) is 0.745. The first-order chi connectivity index (χ1) is 9.38. The number of benzene rings is 1. The molecular formula is C13H17ClO5S. The lowest BCUT2D eigenvalue weighted by Crippen LogP contribution is -2.14. The van der Waals surface area contributed by atoms with Gasteiger partial charge in [0, 0.05) is 6.61 Å². The van der Waals surface area contributed by atoms with E-state index in [9.17, 15) is 13.2 Å². The molecule has 0 unspecified atom stereocenters. The number of hydrogen-bond acceptors (Lipinski definition) is 4. The van der Waals surface area contributed by atoms with Crippen LogP contribution >= 0.6 is 11.6 Å². The number of aromatic carboxylic acids is 1. The van der Waals surface area contributed by atoms with Crippen molar-refractivity contribution in [1.29, 1.82) is 0 Å². The summed E-state index contributed by atoms with van der Waals surface area (Å²) in [5, 5.41) is 8.89. The van der Waals surface area contributed by atoms with E-state index in [-0.39, 0.29) is 27.8 Å². The summed E-state index contributed by atoms with van der Waals surface area (Å²) in [5.41, 5.74) is -0.111. The number of hydrogen-bond donors (Lipinski definition) is 1. The van der Waals surface area contributed by atoms with Crippen LogP contribution in [-0.2, 0) is 14.6 Å². The van der Waals surface area contributed by atoms with E-state index in [4.69, 9.17) is 21.4 Å². The molecule has 0 radical (unpaired) electrons. The number of carboxylic acid groups (broad SMARTS) is 1. The first-order valence-corrected chi connectivity index (χ1v) is 8.25. The summed E-state index contributed by atoms with van der Waals surface area (Å²) in [4.78, 5) is 10.7. The fourth-order valence-electron chi connectivity index (χ4n) is 1.50. The van der Waals surface area contributed by atoms with Crippen LogP contribution in [-0.4, -0.2) is 38.5 Å². The molecular weight excluding hydrogens is 304 g/mol. The molecule has 0 heterocycles. The third-order valence-electron chi connectivity index (χ3n) is 2.65. The molecule has 0 bridgehead atoms. The summed E-state index contributed by atoms with van der Waals surface area (Å²) in [6, 6.07) is 3.61. The van der Waals surface area contributed by atoms with Gasteiger partial charge in [-0.2, -0.15) is 0 Å². The van der Waals surface area contributed by atoms with E-state index in [1.807, 2.05) is 6.92 Å². The zero-order valence-electron chi connectivity index (χ0n) is 11.1. The van der Waals surface area contributed by atoms with Gasteiger partial charge in [0.15, 0.2) is 9.84 Å². The van der Waals surface area contributed by atoms with Crippen molar-refractivity contribution in [2.45, 2.75) is 24.7 Å². The van der Waals surface area contributed by atoms with Crippen molar-refractivity contribution in [2.75, 3.05) is 19.0 Å². The van der Waals surface area contributed by atoms with Gasteiger partial charge in [-0.15, -0.1) is 0 Å². The molecule has 1 rings (SSSR count). The Hall–Kier alpha value is -1.11. The molecule has 0 spiro atoms. The molecule has 0 amide bonds. The maximum atomic E-state index is 12.1. The highest BCUT2D eigenvalue weighted by molar-refractivity contribution is 7.91. The van der Waals surface area contributed by atoms with Gasteiger partial charge in [-0.05, 0) is 24.6 Å². The number of halogens is 1. The van der Waals surface area contributed by atoms with Crippen LogP contribution in [0.5, 0.6) is 0 Å². The van der Waals surface area contributed by atoms with Gasteiger partial charge in [0.25, 0.3) is 0 Å². The lowest BCUT2D eigenvalue weighted by molar-refractivity contribution is 0.0696. The van der Waals surface area contributed by atoms with Crippen LogP contribution in [0.4, 0.5) is 0 Å². The predicted molar refractivity (Wildman–Crippen MR) is 76.2 cm³/mol. The number of carbonyl (C=O) groups is 1. The van der Waals surface area contributed by atoms with Crippen molar-refractivity contribution < 1.29 is 23.1 Å². The van der Waals surface area contributed by atoms with Crippen LogP contribution in [0.3, 0.4) is 0 Å². The third-order valence-corrected chi connectivity index (χ3v) is 4.81. The molecule has 1 aromatic carbocycles. The van der Waals surface area contributed by atoms with Gasteiger partial charge in [-0.25, -0.2) is 13.2 Å². The van der Waals surface area contributed by atoms with E-state index in [2.05, 4.69) is 0 Å². The molecule has 0 fully saturated rings. The highest BCUT2D eigenvalue weighted by Gasteiger charge is 2.20. The van der Waals surface area contributed by atoms with Gasteiger partial charge in [-0.1, -0.05) is 24.9 Å². The molecule has 1 aromatic rings. The van der Waals surface area contributed by atoms with E-state index < -0.39 is 15.8 Å². The molecule has 0 aliphatic carbocycles. The SMILES string of the molecule is CCCCOCCS(=O)(=O)c1cc(C(=O)O)ccc1Cl. The van der Waals surface area contributed by atoms with Crippen molar-refractivity contribution >= 4 is 27.4 Å². The minimum Gasteiger partial charge on any atom is -0.478 e. The molecule has 5 nitrogen and oxygen atoms in total. The first-order valence-electron chi connectivity index (χ1n) is 6.22. The molecule has 0 aliphatic rings. The van der Waals surface area contributed by atoms with Gasteiger partial charge in [0.1, 0.15) is 0 Å². The molecule has 7 heteroatoms. The van der Waals surface area contributed by atoms with E-state index in [1.54, 1.807) is 0 Å². The van der Waals surface area contributed by atoms with Crippen molar-refractivity contribution in [3.8, 4) is 0 Å². The Bertz CT molecular complexity index is 568. The summed E-state index contributed by atoms with van der Waals surface area (Å²) < 4.78 is 29.4. The fraction of sp³-hybridized carbons (Fsp3) is 0.462. The molecule has 0 aliphatic heterocycles. The maximum absolute atomic E-state index is 12.1. The minimum atomic E-state index is -3.65. The van der Waals surface area contributed by atoms with E-state index in [0.717, 1.165) is 18.9 Å². The number of sulfone groups is 1. The Morgan fingerprint density at radius 3 is 2.65 bits per heavy atom. The zero-order valence-corrected chi connectivity index (χ0v) is 12.7. The van der Waals surface area contributed by atoms with Crippen molar-refractivity contribution in [3.05, 3.63) is 28.8 Å². The smallest absolute Gasteiger partial charge is 0.335 e. The average molecular weight is 321 g/mol. The van der Waals surface area contributed by atoms with Crippen LogP contribution in [0.25, 0.3) is 0 Å². The lowest BCUT2D eigenvalue weighted by Gasteiger charge is -2.08. The monoisotopic (exact) mass is 320 g/mol. The van der Waals surface area contributed by atoms with E-state index in [0.29, 0.717) is 6.61 Å². The Morgan fingerprint density at radius 2 is 2.05 bits per heavy atom. The summed E-state index contributed by atoms with van der Waals surface area (Å²) in [5.74, 6) is -1.42. The van der Waals surface area contributed by atoms with Crippen LogP contribution in [0.15, 0.2) is 23.1 Å². The Labute approximate surface area is 123 Å². The first kappa shape index (κ1) is 16.9. The molecule has 20 heavy (non-hydrogen) atoms. The Kier molecular flexibility index (Phi) is 6.45. The third kappa shape index (κ3) is 4.77. The zero-order chi connectivity index (χ0) is 15.2. The summed E-state index contributed by atoms with van der Waals surface area (Å²) in [6.07, 6.45) is 1.84. The van der Waals surface area contributed by atoms with Gasteiger partial charge >= 0.3 is 5.97 Å². The summed E-state index contributed by atoms with van der Waals surface area (Å²) >= 11 is 5.84. The highest BCUT2D eigenvalue weighted by Crippen LogP contribution is 2.23.